The summed E-state index contributed by atoms with van der Waals surface area (Å²) in [4.78, 5) is 0. The van der Waals surface area contributed by atoms with Crippen molar-refractivity contribution in [3.8, 4) is 28.7 Å². The van der Waals surface area contributed by atoms with Crippen molar-refractivity contribution in [3.05, 3.63) is 47.5 Å². The lowest BCUT2D eigenvalue weighted by Gasteiger charge is -2.18. The van der Waals surface area contributed by atoms with E-state index in [4.69, 9.17) is 28.8 Å². The highest BCUT2D eigenvalue weighted by Gasteiger charge is 2.17. The summed E-state index contributed by atoms with van der Waals surface area (Å²) in [5.41, 5.74) is 1.41. The van der Waals surface area contributed by atoms with Crippen molar-refractivity contribution in [1.82, 2.24) is 0 Å². The first-order valence-corrected chi connectivity index (χ1v) is 8.64. The molecule has 0 aliphatic rings. The minimum atomic E-state index is -0.900. The Morgan fingerprint density at radius 1 is 0.857 bits per heavy atom. The maximum absolute atomic E-state index is 10.5. The summed E-state index contributed by atoms with van der Waals surface area (Å²) in [6.07, 6.45) is 2.45. The third-order valence-corrected chi connectivity index (χ3v) is 4.08. The van der Waals surface area contributed by atoms with Crippen LogP contribution >= 0.6 is 0 Å². The lowest BCUT2D eigenvalue weighted by Crippen LogP contribution is -2.11. The Hall–Kier alpha value is -2.90. The molecule has 0 fully saturated rings. The van der Waals surface area contributed by atoms with Gasteiger partial charge in [0.2, 0.25) is 5.75 Å². The Bertz CT molecular complexity index is 776. The highest BCUT2D eigenvalue weighted by atomic mass is 16.5. The molecule has 1 atom stereocenters. The molecule has 0 amide bonds. The zero-order chi connectivity index (χ0) is 20.5. The monoisotopic (exact) mass is 390 g/mol. The first-order valence-electron chi connectivity index (χ1n) is 8.64. The summed E-state index contributed by atoms with van der Waals surface area (Å²) in [6.45, 7) is -0.0889. The van der Waals surface area contributed by atoms with E-state index in [0.29, 0.717) is 34.3 Å². The van der Waals surface area contributed by atoms with Crippen LogP contribution in [0.3, 0.4) is 0 Å². The lowest BCUT2D eigenvalue weighted by atomic mass is 10.1. The van der Waals surface area contributed by atoms with Crippen LogP contribution in [0.25, 0.3) is 6.08 Å². The summed E-state index contributed by atoms with van der Waals surface area (Å²) in [6, 6.07) is 8.68. The van der Waals surface area contributed by atoms with E-state index in [-0.39, 0.29) is 13.2 Å². The molecule has 1 unspecified atom stereocenters. The van der Waals surface area contributed by atoms with Crippen molar-refractivity contribution in [2.24, 2.45) is 0 Å². The van der Waals surface area contributed by atoms with Crippen LogP contribution in [0.5, 0.6) is 28.7 Å². The van der Waals surface area contributed by atoms with Crippen molar-refractivity contribution < 1.29 is 33.9 Å². The van der Waals surface area contributed by atoms with Crippen LogP contribution in [0, 0.1) is 0 Å². The number of aliphatic hydroxyl groups excluding tert-OH is 2. The van der Waals surface area contributed by atoms with Crippen molar-refractivity contribution in [2.45, 2.75) is 6.10 Å². The molecule has 152 valence electrons. The predicted octanol–water partition coefficient (Wildman–Crippen LogP) is 2.84. The molecule has 0 radical (unpaired) electrons. The topological polar surface area (TPSA) is 86.6 Å². The molecule has 7 heteroatoms. The van der Waals surface area contributed by atoms with Gasteiger partial charge >= 0.3 is 0 Å². The van der Waals surface area contributed by atoms with Gasteiger partial charge in [-0.05, 0) is 35.4 Å². The van der Waals surface area contributed by atoms with E-state index in [1.165, 1.54) is 21.3 Å². The van der Waals surface area contributed by atoms with Gasteiger partial charge in [-0.3, -0.25) is 0 Å². The van der Waals surface area contributed by atoms with E-state index in [2.05, 4.69) is 0 Å². The summed E-state index contributed by atoms with van der Waals surface area (Å²) >= 11 is 0. The van der Waals surface area contributed by atoms with E-state index in [0.717, 1.165) is 5.56 Å². The van der Waals surface area contributed by atoms with Crippen LogP contribution in [0.2, 0.25) is 0 Å². The van der Waals surface area contributed by atoms with Gasteiger partial charge in [-0.1, -0.05) is 18.2 Å². The molecule has 0 aliphatic heterocycles. The fourth-order valence-electron chi connectivity index (χ4n) is 2.65. The van der Waals surface area contributed by atoms with Gasteiger partial charge in [0.15, 0.2) is 23.0 Å². The van der Waals surface area contributed by atoms with Crippen molar-refractivity contribution >= 4 is 6.08 Å². The highest BCUT2D eigenvalue weighted by Crippen LogP contribution is 2.39. The Morgan fingerprint density at radius 3 is 2.00 bits per heavy atom. The van der Waals surface area contributed by atoms with E-state index >= 15 is 0 Å². The molecule has 0 spiro atoms. The van der Waals surface area contributed by atoms with Crippen LogP contribution in [-0.4, -0.2) is 51.9 Å². The molecule has 28 heavy (non-hydrogen) atoms. The number of aliphatic hydroxyl groups is 2. The van der Waals surface area contributed by atoms with Gasteiger partial charge in [-0.2, -0.15) is 0 Å². The molecule has 0 aliphatic carbocycles. The van der Waals surface area contributed by atoms with Crippen molar-refractivity contribution in [3.63, 3.8) is 0 Å². The zero-order valence-electron chi connectivity index (χ0n) is 16.5. The third-order valence-electron chi connectivity index (χ3n) is 4.08. The third kappa shape index (κ3) is 5.09. The maximum Gasteiger partial charge on any atom is 0.203 e. The quantitative estimate of drug-likeness (QED) is 0.645. The average molecular weight is 390 g/mol. The molecule has 0 bridgehead atoms. The highest BCUT2D eigenvalue weighted by molar-refractivity contribution is 5.62. The minimum absolute atomic E-state index is 0.0198. The molecule has 2 aromatic rings. The first-order chi connectivity index (χ1) is 13.6. The Morgan fingerprint density at radius 2 is 1.46 bits per heavy atom. The summed E-state index contributed by atoms with van der Waals surface area (Å²) in [7, 11) is 6.12. The summed E-state index contributed by atoms with van der Waals surface area (Å²) < 4.78 is 27.1. The van der Waals surface area contributed by atoms with Crippen LogP contribution in [0.4, 0.5) is 0 Å². The van der Waals surface area contributed by atoms with Gasteiger partial charge in [0.05, 0.1) is 35.0 Å². The molecule has 2 aromatic carbocycles. The number of hydrogen-bond donors (Lipinski definition) is 2. The maximum atomic E-state index is 10.5. The van der Waals surface area contributed by atoms with E-state index in [1.54, 1.807) is 49.6 Å². The molecule has 0 aromatic heterocycles. The molecule has 7 nitrogen and oxygen atoms in total. The van der Waals surface area contributed by atoms with Crippen molar-refractivity contribution in [1.29, 1.82) is 0 Å². The van der Waals surface area contributed by atoms with Gasteiger partial charge in [-0.15, -0.1) is 0 Å². The van der Waals surface area contributed by atoms with Crippen LogP contribution < -0.4 is 23.7 Å². The van der Waals surface area contributed by atoms with E-state index in [9.17, 15) is 5.11 Å². The Kier molecular flexibility index (Phi) is 7.98. The van der Waals surface area contributed by atoms with Crippen LogP contribution in [0.1, 0.15) is 17.2 Å². The largest absolute Gasteiger partial charge is 0.493 e. The van der Waals surface area contributed by atoms with Gasteiger partial charge < -0.3 is 33.9 Å². The second kappa shape index (κ2) is 10.4. The Balaban J connectivity index is 2.22. The van der Waals surface area contributed by atoms with Gasteiger partial charge in [0.25, 0.3) is 0 Å². The van der Waals surface area contributed by atoms with Crippen LogP contribution in [0.15, 0.2) is 36.4 Å². The predicted molar refractivity (Wildman–Crippen MR) is 106 cm³/mol. The number of rotatable bonds is 10. The second-order valence-corrected chi connectivity index (χ2v) is 5.78. The standard InChI is InChI=1S/C21H26O7/c1-24-17-8-7-15(12-18(17)25-2)16(23)13-28-21-19(26-3)10-14(6-5-9-22)11-20(21)27-4/h5-8,10-12,16,22-23H,9,13H2,1-4H3/b6-5+. The van der Waals surface area contributed by atoms with Crippen molar-refractivity contribution in [2.75, 3.05) is 41.7 Å². The molecule has 0 heterocycles. The molecule has 0 saturated carbocycles. The molecule has 2 rings (SSSR count). The number of methoxy groups -OCH3 is 4. The normalized spacial score (nSPS) is 11.9. The van der Waals surface area contributed by atoms with Crippen LogP contribution in [-0.2, 0) is 0 Å². The van der Waals surface area contributed by atoms with Gasteiger partial charge in [0, 0.05) is 0 Å². The lowest BCUT2D eigenvalue weighted by molar-refractivity contribution is 0.104. The molecular formula is C21H26O7. The number of ether oxygens (including phenoxy) is 5. The fraction of sp³-hybridized carbons (Fsp3) is 0.333. The van der Waals surface area contributed by atoms with E-state index < -0.39 is 6.10 Å². The summed E-state index contributed by atoms with van der Waals surface area (Å²) in [5, 5.41) is 19.5. The SMILES string of the molecule is COc1ccc(C(O)COc2c(OC)cc(/C=C/CO)cc2OC)cc1OC. The smallest absolute Gasteiger partial charge is 0.203 e. The average Bonchev–Trinajstić information content (AvgIpc) is 2.74. The summed E-state index contributed by atoms with van der Waals surface area (Å²) in [5.74, 6) is 2.39. The first kappa shape index (κ1) is 21.4. The molecule has 2 N–H and O–H groups in total. The van der Waals surface area contributed by atoms with Gasteiger partial charge in [0.1, 0.15) is 12.7 Å². The Labute approximate surface area is 164 Å². The fourth-order valence-corrected chi connectivity index (χ4v) is 2.65. The number of hydrogen-bond acceptors (Lipinski definition) is 7. The molecule has 0 saturated heterocycles. The molecular weight excluding hydrogens is 364 g/mol. The second-order valence-electron chi connectivity index (χ2n) is 5.78. The van der Waals surface area contributed by atoms with E-state index in [1.807, 2.05) is 0 Å². The number of benzene rings is 2. The minimum Gasteiger partial charge on any atom is -0.493 e. The van der Waals surface area contributed by atoms with Gasteiger partial charge in [-0.25, -0.2) is 0 Å². The zero-order valence-corrected chi connectivity index (χ0v) is 16.5.